The number of aromatic nitrogens is 2. The lowest BCUT2D eigenvalue weighted by Crippen LogP contribution is -2.09. The third-order valence-corrected chi connectivity index (χ3v) is 10.4. The zero-order chi connectivity index (χ0) is 51.1. The largest absolute Gasteiger partial charge is 0.456 e. The van der Waals surface area contributed by atoms with Crippen LogP contribution in [0.2, 0.25) is 0 Å². The SMILES string of the molecule is [2H]c1cc(N(c2ccc3c(c2)oc2cccc(-c4ccc(-c5cc(-c6ccccc6)nc(-c6ccccc6)n5)c5ccccc45)c23)c2c([2H])c([2H])c(-c3c([2H])c([2H])c([2H])c([2H])c3[2H])c([2H])c2[2H])c([2H])c([2H])c1[2H]. The second-order valence-electron chi connectivity index (χ2n) is 14.0. The summed E-state index contributed by atoms with van der Waals surface area (Å²) < 4.78 is 120. The number of rotatable bonds is 8. The highest BCUT2D eigenvalue weighted by Crippen LogP contribution is 2.44. The summed E-state index contributed by atoms with van der Waals surface area (Å²) in [6, 6.07) is 37.4. The van der Waals surface area contributed by atoms with E-state index in [1.165, 1.54) is 4.90 Å². The van der Waals surface area contributed by atoms with Gasteiger partial charge in [-0.2, -0.15) is 0 Å². The van der Waals surface area contributed by atoms with Crippen molar-refractivity contribution in [2.75, 3.05) is 4.90 Å². The Kier molecular flexibility index (Phi) is 6.00. The monoisotopic (exact) mass is 780 g/mol. The van der Waals surface area contributed by atoms with Crippen molar-refractivity contribution in [3.63, 3.8) is 0 Å². The van der Waals surface area contributed by atoms with Crippen molar-refractivity contribution in [1.82, 2.24) is 9.97 Å². The van der Waals surface area contributed by atoms with E-state index in [1.807, 2.05) is 97.1 Å². The average Bonchev–Trinajstić information content (AvgIpc) is 3.80. The van der Waals surface area contributed by atoms with Gasteiger partial charge in [-0.15, -0.1) is 0 Å². The fraction of sp³-hybridized carbons (Fsp3) is 0. The molecule has 0 radical (unpaired) electrons. The van der Waals surface area contributed by atoms with Crippen LogP contribution in [0.25, 0.3) is 88.9 Å². The summed E-state index contributed by atoms with van der Waals surface area (Å²) in [4.78, 5) is 11.3. The first-order valence-electron chi connectivity index (χ1n) is 25.7. The molecule has 0 aliphatic rings. The molecule has 4 heteroatoms. The molecule has 0 unspecified atom stereocenters. The van der Waals surface area contributed by atoms with Crippen molar-refractivity contribution in [3.8, 4) is 56.2 Å². The number of para-hydroxylation sites is 1. The predicted molar refractivity (Wildman–Crippen MR) is 249 cm³/mol. The number of nitrogens with zero attached hydrogens (tertiary/aromatic N) is 3. The molecule has 282 valence electrons. The summed E-state index contributed by atoms with van der Waals surface area (Å²) in [6.45, 7) is 0. The molecule has 60 heavy (non-hydrogen) atoms. The van der Waals surface area contributed by atoms with Crippen molar-refractivity contribution < 1.29 is 22.2 Å². The van der Waals surface area contributed by atoms with Crippen LogP contribution < -0.4 is 4.90 Å². The van der Waals surface area contributed by atoms with Crippen LogP contribution in [0, 0.1) is 0 Å². The van der Waals surface area contributed by atoms with Crippen molar-refractivity contribution >= 4 is 49.8 Å². The number of benzene rings is 9. The smallest absolute Gasteiger partial charge is 0.160 e. The van der Waals surface area contributed by atoms with Gasteiger partial charge in [0.1, 0.15) is 11.2 Å². The molecule has 0 aliphatic carbocycles. The summed E-state index contributed by atoms with van der Waals surface area (Å²) in [5, 5.41) is 3.33. The van der Waals surface area contributed by atoms with Gasteiger partial charge in [0.2, 0.25) is 0 Å². The van der Waals surface area contributed by atoms with Gasteiger partial charge < -0.3 is 9.32 Å². The minimum Gasteiger partial charge on any atom is -0.456 e. The molecule has 0 bridgehead atoms. The van der Waals surface area contributed by atoms with Crippen LogP contribution in [-0.2, 0) is 0 Å². The fourth-order valence-corrected chi connectivity index (χ4v) is 7.69. The number of anilines is 3. The van der Waals surface area contributed by atoms with Gasteiger partial charge in [0.05, 0.1) is 29.2 Å². The molecular weight excluding hydrogens is 731 g/mol. The minimum atomic E-state index is -0.735. The number of furan rings is 1. The number of hydrogen-bond donors (Lipinski definition) is 0. The molecule has 11 rings (SSSR count). The second kappa shape index (κ2) is 15.0. The van der Waals surface area contributed by atoms with Crippen molar-refractivity contribution in [3.05, 3.63) is 224 Å². The summed E-state index contributed by atoms with van der Waals surface area (Å²) in [7, 11) is 0. The molecule has 2 aromatic heterocycles. The molecule has 0 saturated carbocycles. The van der Waals surface area contributed by atoms with E-state index in [0.717, 1.165) is 61.4 Å². The van der Waals surface area contributed by atoms with Crippen LogP contribution in [0.3, 0.4) is 0 Å². The van der Waals surface area contributed by atoms with Gasteiger partial charge in [-0.25, -0.2) is 9.97 Å². The molecule has 0 spiro atoms. The lowest BCUT2D eigenvalue weighted by Gasteiger charge is -2.25. The van der Waals surface area contributed by atoms with Gasteiger partial charge in [0.25, 0.3) is 0 Å². The van der Waals surface area contributed by atoms with Gasteiger partial charge in [0.15, 0.2) is 5.82 Å². The lowest BCUT2D eigenvalue weighted by molar-refractivity contribution is 0.669. The van der Waals surface area contributed by atoms with Crippen LogP contribution in [0.1, 0.15) is 17.8 Å². The summed E-state index contributed by atoms with van der Waals surface area (Å²) in [5.74, 6) is 0.592. The third kappa shape index (κ3) is 6.37. The number of hydrogen-bond acceptors (Lipinski definition) is 4. The Bertz CT molecular complexity index is 3980. The zero-order valence-corrected chi connectivity index (χ0v) is 31.6. The predicted octanol–water partition coefficient (Wildman–Crippen LogP) is 15.3. The summed E-state index contributed by atoms with van der Waals surface area (Å²) >= 11 is 0. The molecule has 0 aliphatic heterocycles. The zero-order valence-electron chi connectivity index (χ0n) is 44.6. The Morgan fingerprint density at radius 1 is 0.383 bits per heavy atom. The van der Waals surface area contributed by atoms with E-state index >= 15 is 0 Å². The highest BCUT2D eigenvalue weighted by molar-refractivity contribution is 6.17. The van der Waals surface area contributed by atoms with Gasteiger partial charge in [-0.1, -0.05) is 170 Å². The van der Waals surface area contributed by atoms with Gasteiger partial charge in [-0.05, 0) is 81.5 Å². The van der Waals surface area contributed by atoms with E-state index in [1.54, 1.807) is 18.2 Å². The van der Waals surface area contributed by atoms with Crippen LogP contribution in [0.4, 0.5) is 17.1 Å². The van der Waals surface area contributed by atoms with Crippen molar-refractivity contribution in [1.29, 1.82) is 0 Å². The molecule has 0 atom stereocenters. The molecule has 0 amide bonds. The Balaban J connectivity index is 1.09. The normalized spacial score (nSPS) is 14.4. The van der Waals surface area contributed by atoms with Crippen LogP contribution in [-0.4, -0.2) is 9.97 Å². The maximum absolute atomic E-state index is 9.36. The molecule has 9 aromatic carbocycles. The van der Waals surface area contributed by atoms with E-state index in [4.69, 9.17) is 26.7 Å². The summed E-state index contributed by atoms with van der Waals surface area (Å²) in [6.07, 6.45) is 0. The fourth-order valence-electron chi connectivity index (χ4n) is 7.69. The van der Waals surface area contributed by atoms with E-state index in [-0.39, 0.29) is 11.4 Å². The van der Waals surface area contributed by atoms with E-state index in [2.05, 4.69) is 24.3 Å². The Labute approximate surface area is 366 Å². The second-order valence-corrected chi connectivity index (χ2v) is 14.0. The molecule has 11 aromatic rings. The van der Waals surface area contributed by atoms with Gasteiger partial charge in [0, 0.05) is 50.6 Å². The van der Waals surface area contributed by atoms with E-state index < -0.39 is 95.4 Å². The first-order chi connectivity index (χ1) is 35.1. The van der Waals surface area contributed by atoms with E-state index in [9.17, 15) is 5.48 Å². The summed E-state index contributed by atoms with van der Waals surface area (Å²) in [5.41, 5.74) is 5.34. The average molecular weight is 781 g/mol. The maximum Gasteiger partial charge on any atom is 0.160 e. The quantitative estimate of drug-likeness (QED) is 0.154. The molecular formula is C56H37N3O. The Morgan fingerprint density at radius 2 is 1.05 bits per heavy atom. The van der Waals surface area contributed by atoms with E-state index in [0.29, 0.717) is 22.4 Å². The Morgan fingerprint density at radius 3 is 1.85 bits per heavy atom. The lowest BCUT2D eigenvalue weighted by atomic mass is 9.91. The van der Waals surface area contributed by atoms with Gasteiger partial charge >= 0.3 is 0 Å². The molecule has 0 N–H and O–H groups in total. The van der Waals surface area contributed by atoms with Crippen molar-refractivity contribution in [2.24, 2.45) is 0 Å². The number of fused-ring (bicyclic) bond motifs is 4. The topological polar surface area (TPSA) is 42.2 Å². The van der Waals surface area contributed by atoms with Crippen LogP contribution >= 0.6 is 0 Å². The maximum atomic E-state index is 9.36. The molecule has 2 heterocycles. The van der Waals surface area contributed by atoms with Crippen LogP contribution in [0.15, 0.2) is 229 Å². The molecule has 0 saturated heterocycles. The first kappa shape index (κ1) is 24.0. The van der Waals surface area contributed by atoms with Crippen LogP contribution in [0.5, 0.6) is 0 Å². The highest BCUT2D eigenvalue weighted by atomic mass is 16.3. The molecule has 4 nitrogen and oxygen atoms in total. The highest BCUT2D eigenvalue weighted by Gasteiger charge is 2.20. The van der Waals surface area contributed by atoms with Gasteiger partial charge in [-0.3, -0.25) is 0 Å². The minimum absolute atomic E-state index is 0.152. The standard InChI is InChI=1S/C56H37N3O/c1-5-16-38(17-6-1)39-28-30-43(31-29-39)59(42-22-11-4-12-23-42)44-32-33-50-54(36-44)60-53-27-15-26-49(55(50)53)47-34-35-48(46-25-14-13-24-45(46)47)52-37-51(40-18-7-2-8-19-40)57-56(58-52)41-20-9-3-10-21-41/h1-37H/i1D,4D,5D,6D,11D,12D,16D,17D,22D,28D,29D,30D,31D. The van der Waals surface area contributed by atoms with Crippen molar-refractivity contribution in [2.45, 2.75) is 0 Å². The third-order valence-electron chi connectivity index (χ3n) is 10.4. The Hall–Kier alpha value is -8.08. The molecule has 0 fully saturated rings. The first-order valence-corrected chi connectivity index (χ1v) is 19.2.